The highest BCUT2D eigenvalue weighted by Gasteiger charge is 2.34. The maximum atomic E-state index is 12.9. The quantitative estimate of drug-likeness (QED) is 0.846. The number of aliphatic hydroxyl groups is 1. The monoisotopic (exact) mass is 315 g/mol. The number of alkyl halides is 3. The highest BCUT2D eigenvalue weighted by Crippen LogP contribution is 2.38. The zero-order valence-corrected chi connectivity index (χ0v) is 12.4. The molecule has 1 aliphatic carbocycles. The molecule has 1 aromatic rings. The summed E-state index contributed by atoms with van der Waals surface area (Å²) in [5.41, 5.74) is -1.09. The van der Waals surface area contributed by atoms with Crippen LogP contribution in [-0.2, 0) is 11.0 Å². The normalized spacial score (nSPS) is 17.9. The number of nitrogens with one attached hydrogen (secondary N) is 1. The Balaban J connectivity index is 1.92. The van der Waals surface area contributed by atoms with Gasteiger partial charge in [0.25, 0.3) is 0 Å². The molecule has 2 atom stereocenters. The Morgan fingerprint density at radius 1 is 1.36 bits per heavy atom. The Kier molecular flexibility index (Phi) is 5.11. The van der Waals surface area contributed by atoms with E-state index in [2.05, 4.69) is 5.32 Å². The number of aliphatic hydroxyl groups excluding tert-OH is 1. The molecule has 1 amide bonds. The van der Waals surface area contributed by atoms with Crippen molar-refractivity contribution < 1.29 is 23.1 Å². The fourth-order valence-corrected chi connectivity index (χ4v) is 2.56. The average Bonchev–Trinajstić information content (AvgIpc) is 3.28. The number of hydrogen-bond donors (Lipinski definition) is 2. The number of rotatable bonds is 6. The molecule has 3 nitrogen and oxygen atoms in total. The molecule has 0 aromatic heterocycles. The van der Waals surface area contributed by atoms with Crippen LogP contribution in [0.5, 0.6) is 0 Å². The van der Waals surface area contributed by atoms with E-state index in [4.69, 9.17) is 0 Å². The standard InChI is InChI=1S/C16H20F3NO2/c1-10(11-6-7-11)8-15(22)20-9-14(21)12-4-2-3-5-13(12)16(17,18)19/h2-5,10-11,14,21H,6-9H2,1H3,(H,20,22). The summed E-state index contributed by atoms with van der Waals surface area (Å²) in [7, 11) is 0. The molecule has 0 heterocycles. The van der Waals surface area contributed by atoms with E-state index in [0.29, 0.717) is 12.3 Å². The lowest BCUT2D eigenvalue weighted by atomic mass is 10.0. The summed E-state index contributed by atoms with van der Waals surface area (Å²) in [6, 6.07) is 4.86. The van der Waals surface area contributed by atoms with Gasteiger partial charge in [0.05, 0.1) is 11.7 Å². The molecule has 1 aliphatic rings. The summed E-state index contributed by atoms with van der Waals surface area (Å²) in [4.78, 5) is 11.8. The van der Waals surface area contributed by atoms with Gasteiger partial charge in [-0.25, -0.2) is 0 Å². The van der Waals surface area contributed by atoms with Crippen molar-refractivity contribution in [3.63, 3.8) is 0 Å². The molecular formula is C16H20F3NO2. The van der Waals surface area contributed by atoms with Gasteiger partial charge >= 0.3 is 6.18 Å². The first kappa shape index (κ1) is 16.8. The van der Waals surface area contributed by atoms with Gasteiger partial charge < -0.3 is 10.4 Å². The van der Waals surface area contributed by atoms with Gasteiger partial charge in [0.1, 0.15) is 0 Å². The average molecular weight is 315 g/mol. The van der Waals surface area contributed by atoms with Crippen LogP contribution in [0.25, 0.3) is 0 Å². The van der Waals surface area contributed by atoms with Crippen LogP contribution in [0.15, 0.2) is 24.3 Å². The second kappa shape index (κ2) is 6.69. The highest BCUT2D eigenvalue weighted by molar-refractivity contribution is 5.76. The summed E-state index contributed by atoms with van der Waals surface area (Å²) in [6.45, 7) is 1.77. The van der Waals surface area contributed by atoms with Crippen molar-refractivity contribution in [3.8, 4) is 0 Å². The van der Waals surface area contributed by atoms with E-state index in [0.717, 1.165) is 18.9 Å². The van der Waals surface area contributed by atoms with E-state index in [1.807, 2.05) is 6.92 Å². The van der Waals surface area contributed by atoms with Crippen LogP contribution < -0.4 is 5.32 Å². The lowest BCUT2D eigenvalue weighted by Crippen LogP contribution is -2.30. The van der Waals surface area contributed by atoms with Gasteiger partial charge in [-0.05, 0) is 36.3 Å². The Labute approximate surface area is 127 Å². The highest BCUT2D eigenvalue weighted by atomic mass is 19.4. The molecule has 0 bridgehead atoms. The van der Waals surface area contributed by atoms with Crippen LogP contribution in [0.3, 0.4) is 0 Å². The van der Waals surface area contributed by atoms with E-state index < -0.39 is 17.8 Å². The molecule has 6 heteroatoms. The Morgan fingerprint density at radius 3 is 2.59 bits per heavy atom. The number of amides is 1. The van der Waals surface area contributed by atoms with Crippen molar-refractivity contribution in [3.05, 3.63) is 35.4 Å². The molecular weight excluding hydrogens is 295 g/mol. The summed E-state index contributed by atoms with van der Waals surface area (Å²) >= 11 is 0. The van der Waals surface area contributed by atoms with Crippen LogP contribution in [0.1, 0.15) is 43.4 Å². The van der Waals surface area contributed by atoms with Gasteiger partial charge in [0.2, 0.25) is 5.91 Å². The maximum Gasteiger partial charge on any atom is 0.416 e. The van der Waals surface area contributed by atoms with Gasteiger partial charge in [0, 0.05) is 13.0 Å². The van der Waals surface area contributed by atoms with Crippen molar-refractivity contribution in [2.75, 3.05) is 6.54 Å². The molecule has 2 N–H and O–H groups in total. The third-order valence-electron chi connectivity index (χ3n) is 4.05. The molecule has 1 saturated carbocycles. The number of carbonyl (C=O) groups excluding carboxylic acids is 1. The summed E-state index contributed by atoms with van der Waals surface area (Å²) in [5, 5.41) is 12.5. The minimum atomic E-state index is -4.53. The Bertz CT molecular complexity index is 526. The Hall–Kier alpha value is -1.56. The van der Waals surface area contributed by atoms with Gasteiger partial charge in [-0.15, -0.1) is 0 Å². The third kappa shape index (κ3) is 4.47. The SMILES string of the molecule is CC(CC(=O)NCC(O)c1ccccc1C(F)(F)F)C1CC1. The first-order valence-corrected chi connectivity index (χ1v) is 7.40. The summed E-state index contributed by atoms with van der Waals surface area (Å²) in [6.07, 6.45) is -3.29. The molecule has 0 radical (unpaired) electrons. The van der Waals surface area contributed by atoms with Gasteiger partial charge in [-0.1, -0.05) is 25.1 Å². The number of hydrogen-bond acceptors (Lipinski definition) is 2. The molecule has 122 valence electrons. The molecule has 0 saturated heterocycles. The fourth-order valence-electron chi connectivity index (χ4n) is 2.56. The van der Waals surface area contributed by atoms with E-state index >= 15 is 0 Å². The molecule has 1 fully saturated rings. The van der Waals surface area contributed by atoms with Crippen LogP contribution in [0, 0.1) is 11.8 Å². The van der Waals surface area contributed by atoms with E-state index in [9.17, 15) is 23.1 Å². The predicted octanol–water partition coefficient (Wildman–Crippen LogP) is 3.29. The molecule has 2 unspecified atom stereocenters. The fraction of sp³-hybridized carbons (Fsp3) is 0.562. The minimum Gasteiger partial charge on any atom is -0.387 e. The first-order valence-electron chi connectivity index (χ1n) is 7.40. The van der Waals surface area contributed by atoms with E-state index in [1.165, 1.54) is 18.2 Å². The topological polar surface area (TPSA) is 49.3 Å². The predicted molar refractivity (Wildman–Crippen MR) is 75.9 cm³/mol. The van der Waals surface area contributed by atoms with Gasteiger partial charge in [0.15, 0.2) is 0 Å². The summed E-state index contributed by atoms with van der Waals surface area (Å²) < 4.78 is 38.6. The molecule has 0 spiro atoms. The third-order valence-corrected chi connectivity index (χ3v) is 4.05. The second-order valence-electron chi connectivity index (χ2n) is 5.92. The largest absolute Gasteiger partial charge is 0.416 e. The summed E-state index contributed by atoms with van der Waals surface area (Å²) in [5.74, 6) is 0.629. The van der Waals surface area contributed by atoms with Crippen molar-refractivity contribution in [2.45, 2.75) is 38.5 Å². The lowest BCUT2D eigenvalue weighted by Gasteiger charge is -2.18. The molecule has 1 aromatic carbocycles. The van der Waals surface area contributed by atoms with Crippen molar-refractivity contribution >= 4 is 5.91 Å². The first-order chi connectivity index (χ1) is 10.3. The lowest BCUT2D eigenvalue weighted by molar-refractivity contribution is -0.139. The minimum absolute atomic E-state index is 0.217. The maximum absolute atomic E-state index is 12.9. The van der Waals surface area contributed by atoms with Gasteiger partial charge in [-0.3, -0.25) is 4.79 Å². The van der Waals surface area contributed by atoms with Crippen LogP contribution >= 0.6 is 0 Å². The zero-order chi connectivity index (χ0) is 16.3. The van der Waals surface area contributed by atoms with Crippen LogP contribution in [0.4, 0.5) is 13.2 Å². The van der Waals surface area contributed by atoms with Crippen LogP contribution in [-0.4, -0.2) is 17.6 Å². The number of carbonyl (C=O) groups is 1. The van der Waals surface area contributed by atoms with E-state index in [-0.39, 0.29) is 23.9 Å². The van der Waals surface area contributed by atoms with Crippen LogP contribution in [0.2, 0.25) is 0 Å². The van der Waals surface area contributed by atoms with E-state index in [1.54, 1.807) is 0 Å². The van der Waals surface area contributed by atoms with Gasteiger partial charge in [-0.2, -0.15) is 13.2 Å². The Morgan fingerprint density at radius 2 is 2.00 bits per heavy atom. The number of benzene rings is 1. The van der Waals surface area contributed by atoms with Crippen molar-refractivity contribution in [1.82, 2.24) is 5.32 Å². The molecule has 22 heavy (non-hydrogen) atoms. The number of halogens is 3. The van der Waals surface area contributed by atoms with Crippen molar-refractivity contribution in [1.29, 1.82) is 0 Å². The molecule has 2 rings (SSSR count). The second-order valence-corrected chi connectivity index (χ2v) is 5.92. The zero-order valence-electron chi connectivity index (χ0n) is 12.4. The smallest absolute Gasteiger partial charge is 0.387 e. The molecule has 0 aliphatic heterocycles. The van der Waals surface area contributed by atoms with Crippen molar-refractivity contribution in [2.24, 2.45) is 11.8 Å².